The van der Waals surface area contributed by atoms with Crippen LogP contribution in [-0.2, 0) is 4.79 Å². The third-order valence-corrected chi connectivity index (χ3v) is 3.03. The minimum Gasteiger partial charge on any atom is -0.494 e. The summed E-state index contributed by atoms with van der Waals surface area (Å²) in [5, 5.41) is 0. The minimum absolute atomic E-state index is 0.187. The largest absolute Gasteiger partial charge is 0.494 e. The van der Waals surface area contributed by atoms with Gasteiger partial charge in [0.1, 0.15) is 0 Å². The van der Waals surface area contributed by atoms with Gasteiger partial charge in [-0.15, -0.1) is 0 Å². The van der Waals surface area contributed by atoms with E-state index in [1.54, 1.807) is 12.1 Å². The Morgan fingerprint density at radius 1 is 1.47 bits per heavy atom. The van der Waals surface area contributed by atoms with Crippen molar-refractivity contribution in [3.63, 3.8) is 0 Å². The highest BCUT2D eigenvalue weighted by molar-refractivity contribution is 5.74. The van der Waals surface area contributed by atoms with Crippen LogP contribution in [0, 0.1) is 11.2 Å². The second kappa shape index (κ2) is 6.02. The summed E-state index contributed by atoms with van der Waals surface area (Å²) in [4.78, 5) is 11.0. The number of ether oxygens (including phenoxy) is 1. The minimum atomic E-state index is -0.442. The molecule has 1 rings (SSSR count). The van der Waals surface area contributed by atoms with Crippen molar-refractivity contribution in [1.82, 2.24) is 0 Å². The number of halogens is 1. The van der Waals surface area contributed by atoms with E-state index < -0.39 is 5.82 Å². The normalized spacial score (nSPS) is 13.1. The number of nitrogens with two attached hydrogens (primary N) is 2. The highest BCUT2D eigenvalue weighted by Crippen LogP contribution is 2.32. The second-order valence-corrected chi connectivity index (χ2v) is 5.51. The Balaban J connectivity index is 2.80. The maximum atomic E-state index is 13.6. The zero-order valence-corrected chi connectivity index (χ0v) is 11.6. The van der Waals surface area contributed by atoms with Crippen LogP contribution in [0.15, 0.2) is 18.2 Å². The van der Waals surface area contributed by atoms with Crippen LogP contribution < -0.4 is 16.2 Å². The summed E-state index contributed by atoms with van der Waals surface area (Å²) in [7, 11) is 1.41. The van der Waals surface area contributed by atoms with Gasteiger partial charge in [-0.05, 0) is 29.5 Å². The Hall–Kier alpha value is -1.62. The first kappa shape index (κ1) is 15.4. The number of benzene rings is 1. The maximum absolute atomic E-state index is 13.6. The van der Waals surface area contributed by atoms with E-state index >= 15 is 0 Å². The van der Waals surface area contributed by atoms with Gasteiger partial charge in [-0.25, -0.2) is 4.39 Å². The van der Waals surface area contributed by atoms with Gasteiger partial charge in [0.15, 0.2) is 11.6 Å². The van der Waals surface area contributed by atoms with Crippen molar-refractivity contribution in [1.29, 1.82) is 0 Å². The molecule has 0 spiro atoms. The topological polar surface area (TPSA) is 78.3 Å². The smallest absolute Gasteiger partial charge is 0.217 e. The number of carbonyl (C=O) groups is 1. The Kier molecular flexibility index (Phi) is 4.89. The molecule has 0 aliphatic carbocycles. The highest BCUT2D eigenvalue weighted by Gasteiger charge is 2.24. The molecule has 0 aliphatic heterocycles. The van der Waals surface area contributed by atoms with Gasteiger partial charge in [0, 0.05) is 12.5 Å². The average molecular weight is 268 g/mol. The third kappa shape index (κ3) is 4.52. The molecule has 5 heteroatoms. The molecule has 0 fully saturated rings. The van der Waals surface area contributed by atoms with Gasteiger partial charge >= 0.3 is 0 Å². The third-order valence-electron chi connectivity index (χ3n) is 3.03. The van der Waals surface area contributed by atoms with Crippen LogP contribution in [0.5, 0.6) is 5.75 Å². The van der Waals surface area contributed by atoms with Crippen LogP contribution in [0.3, 0.4) is 0 Å². The van der Waals surface area contributed by atoms with Crippen molar-refractivity contribution in [3.8, 4) is 5.75 Å². The lowest BCUT2D eigenvalue weighted by molar-refractivity contribution is -0.120. The fraction of sp³-hybridized carbons (Fsp3) is 0.500. The molecule has 19 heavy (non-hydrogen) atoms. The first-order valence-electron chi connectivity index (χ1n) is 6.12. The van der Waals surface area contributed by atoms with E-state index in [0.717, 1.165) is 0 Å². The second-order valence-electron chi connectivity index (χ2n) is 5.51. The summed E-state index contributed by atoms with van der Waals surface area (Å²) in [6.07, 6.45) is 0.793. The highest BCUT2D eigenvalue weighted by atomic mass is 19.1. The molecule has 0 saturated heterocycles. The fourth-order valence-electron chi connectivity index (χ4n) is 2.17. The number of carbonyl (C=O) groups excluding carboxylic acids is 1. The van der Waals surface area contributed by atoms with Gasteiger partial charge in [0.25, 0.3) is 0 Å². The number of methoxy groups -OCH3 is 1. The van der Waals surface area contributed by atoms with Gasteiger partial charge in [-0.2, -0.15) is 0 Å². The van der Waals surface area contributed by atoms with E-state index in [-0.39, 0.29) is 29.5 Å². The molecular formula is C14H21FN2O2. The first-order chi connectivity index (χ1) is 8.75. The van der Waals surface area contributed by atoms with Crippen LogP contribution in [0.4, 0.5) is 4.39 Å². The van der Waals surface area contributed by atoms with Gasteiger partial charge in [0.2, 0.25) is 5.91 Å². The van der Waals surface area contributed by atoms with Crippen molar-refractivity contribution < 1.29 is 13.9 Å². The molecule has 0 heterocycles. The summed E-state index contributed by atoms with van der Waals surface area (Å²) in [6, 6.07) is 4.29. The standard InChI is InChI=1S/C14H21FN2O2/c1-14(2,8-13(17)18)7-11(16)9-4-5-12(19-3)10(15)6-9/h4-6,11H,7-8,16H2,1-3H3,(H2,17,18). The molecule has 1 amide bonds. The quantitative estimate of drug-likeness (QED) is 0.829. The Labute approximate surface area is 112 Å². The first-order valence-corrected chi connectivity index (χ1v) is 6.12. The zero-order chi connectivity index (χ0) is 14.6. The molecule has 0 aliphatic rings. The molecule has 106 valence electrons. The predicted octanol–water partition coefficient (Wildman–Crippen LogP) is 2.13. The lowest BCUT2D eigenvalue weighted by Crippen LogP contribution is -2.27. The molecule has 1 aromatic carbocycles. The molecule has 0 bridgehead atoms. The Bertz CT molecular complexity index is 461. The van der Waals surface area contributed by atoms with Gasteiger partial charge in [0.05, 0.1) is 7.11 Å². The van der Waals surface area contributed by atoms with E-state index in [9.17, 15) is 9.18 Å². The molecule has 1 unspecified atom stereocenters. The Morgan fingerprint density at radius 2 is 2.11 bits per heavy atom. The maximum Gasteiger partial charge on any atom is 0.217 e. The number of rotatable bonds is 6. The number of hydrogen-bond acceptors (Lipinski definition) is 3. The van der Waals surface area contributed by atoms with E-state index in [0.29, 0.717) is 12.0 Å². The SMILES string of the molecule is COc1ccc(C(N)CC(C)(C)CC(N)=O)cc1F. The zero-order valence-electron chi connectivity index (χ0n) is 11.6. The van der Waals surface area contributed by atoms with E-state index in [1.807, 2.05) is 13.8 Å². The molecule has 0 radical (unpaired) electrons. The number of amides is 1. The molecule has 1 aromatic rings. The number of primary amides is 1. The summed E-state index contributed by atoms with van der Waals surface area (Å²) in [5.41, 5.74) is 11.6. The summed E-state index contributed by atoms with van der Waals surface area (Å²) in [6.45, 7) is 3.83. The molecule has 1 atom stereocenters. The van der Waals surface area contributed by atoms with Crippen LogP contribution in [-0.4, -0.2) is 13.0 Å². The summed E-state index contributed by atoms with van der Waals surface area (Å²) >= 11 is 0. The van der Waals surface area contributed by atoms with Crippen LogP contribution in [0.1, 0.15) is 38.3 Å². The van der Waals surface area contributed by atoms with Gasteiger partial charge in [-0.1, -0.05) is 19.9 Å². The molecular weight excluding hydrogens is 247 g/mol. The van der Waals surface area contributed by atoms with Gasteiger partial charge in [-0.3, -0.25) is 4.79 Å². The van der Waals surface area contributed by atoms with Crippen LogP contribution >= 0.6 is 0 Å². The van der Waals surface area contributed by atoms with Crippen molar-refractivity contribution in [2.24, 2.45) is 16.9 Å². The van der Waals surface area contributed by atoms with E-state index in [4.69, 9.17) is 16.2 Å². The monoisotopic (exact) mass is 268 g/mol. The molecule has 4 nitrogen and oxygen atoms in total. The van der Waals surface area contributed by atoms with Crippen molar-refractivity contribution in [3.05, 3.63) is 29.6 Å². The van der Waals surface area contributed by atoms with Crippen molar-refractivity contribution in [2.45, 2.75) is 32.7 Å². The lowest BCUT2D eigenvalue weighted by atomic mass is 9.81. The summed E-state index contributed by atoms with van der Waals surface area (Å²) in [5.74, 6) is -0.617. The number of hydrogen-bond donors (Lipinski definition) is 2. The molecule has 4 N–H and O–H groups in total. The molecule has 0 saturated carbocycles. The summed E-state index contributed by atoms with van der Waals surface area (Å²) < 4.78 is 18.5. The van der Waals surface area contributed by atoms with Crippen molar-refractivity contribution >= 4 is 5.91 Å². The van der Waals surface area contributed by atoms with Crippen LogP contribution in [0.25, 0.3) is 0 Å². The Morgan fingerprint density at radius 3 is 2.58 bits per heavy atom. The van der Waals surface area contributed by atoms with E-state index in [1.165, 1.54) is 13.2 Å². The lowest BCUT2D eigenvalue weighted by Gasteiger charge is -2.27. The average Bonchev–Trinajstić information content (AvgIpc) is 2.26. The van der Waals surface area contributed by atoms with Gasteiger partial charge < -0.3 is 16.2 Å². The van der Waals surface area contributed by atoms with Crippen molar-refractivity contribution in [2.75, 3.05) is 7.11 Å². The molecule has 0 aromatic heterocycles. The predicted molar refractivity (Wildman–Crippen MR) is 72.1 cm³/mol. The van der Waals surface area contributed by atoms with Crippen LogP contribution in [0.2, 0.25) is 0 Å². The fourth-order valence-corrected chi connectivity index (χ4v) is 2.17. The van der Waals surface area contributed by atoms with E-state index in [2.05, 4.69) is 0 Å².